The lowest BCUT2D eigenvalue weighted by Crippen LogP contribution is -2.27. The van der Waals surface area contributed by atoms with Crippen LogP contribution in [0.25, 0.3) is 0 Å². The molecule has 0 spiro atoms. The first-order valence-electron chi connectivity index (χ1n) is 12.6. The van der Waals surface area contributed by atoms with Crippen molar-refractivity contribution in [3.05, 3.63) is 118 Å². The van der Waals surface area contributed by atoms with Gasteiger partial charge in [-0.1, -0.05) is 36.4 Å². The summed E-state index contributed by atoms with van der Waals surface area (Å²) in [5.41, 5.74) is 6.78. The predicted octanol–water partition coefficient (Wildman–Crippen LogP) is 2.71. The summed E-state index contributed by atoms with van der Waals surface area (Å²) >= 11 is 0. The summed E-state index contributed by atoms with van der Waals surface area (Å²) in [5.74, 6) is 1.48. The third-order valence-electron chi connectivity index (χ3n) is 6.53. The van der Waals surface area contributed by atoms with Crippen LogP contribution in [-0.2, 0) is 35.7 Å². The van der Waals surface area contributed by atoms with Crippen LogP contribution in [0.2, 0.25) is 0 Å². The quantitative estimate of drug-likeness (QED) is 0.365. The summed E-state index contributed by atoms with van der Waals surface area (Å²) in [6.07, 6.45) is 0. The molecule has 2 aliphatic heterocycles. The maximum Gasteiger partial charge on any atom is 0.491 e. The van der Waals surface area contributed by atoms with Gasteiger partial charge in [0, 0.05) is 0 Å². The molecule has 0 fully saturated rings. The number of benzene rings is 4. The van der Waals surface area contributed by atoms with Crippen molar-refractivity contribution in [1.82, 2.24) is 0 Å². The van der Waals surface area contributed by atoms with Crippen LogP contribution >= 0.6 is 0 Å². The van der Waals surface area contributed by atoms with Crippen LogP contribution in [0.1, 0.15) is 33.4 Å². The van der Waals surface area contributed by atoms with E-state index in [4.69, 9.17) is 29.3 Å². The minimum atomic E-state index is -0.822. The highest BCUT2D eigenvalue weighted by atomic mass is 16.5. The van der Waals surface area contributed by atoms with Crippen LogP contribution in [0.4, 0.5) is 0 Å². The topological polar surface area (TPSA) is 125 Å². The van der Waals surface area contributed by atoms with Crippen LogP contribution in [-0.4, -0.2) is 24.3 Å². The van der Waals surface area contributed by atoms with Crippen molar-refractivity contribution in [3.63, 3.8) is 0 Å². The zero-order chi connectivity index (χ0) is 27.9. The van der Waals surface area contributed by atoms with Crippen LogP contribution in [0.15, 0.2) is 84.9 Å². The molecule has 0 radical (unpaired) electrons. The van der Waals surface area contributed by atoms with Crippen molar-refractivity contribution < 1.29 is 28.8 Å². The zero-order valence-electron chi connectivity index (χ0n) is 21.5. The molecule has 40 heavy (non-hydrogen) atoms. The van der Waals surface area contributed by atoms with E-state index in [2.05, 4.69) is 12.1 Å². The number of hydrogen-bond acceptors (Lipinski definition) is 8. The number of nitrogens with zero attached hydrogens (tertiary/aromatic N) is 2. The summed E-state index contributed by atoms with van der Waals surface area (Å²) in [5, 5.41) is 36.5. The van der Waals surface area contributed by atoms with E-state index in [1.807, 2.05) is 60.7 Å². The van der Waals surface area contributed by atoms with Gasteiger partial charge in [0.1, 0.15) is 24.7 Å². The molecule has 0 saturated heterocycles. The molecular weight excluding hydrogens is 506 g/mol. The molecule has 2 aliphatic rings. The lowest BCUT2D eigenvalue weighted by molar-refractivity contribution is 0.273. The van der Waals surface area contributed by atoms with E-state index in [9.17, 15) is 10.0 Å². The van der Waals surface area contributed by atoms with Gasteiger partial charge in [0.25, 0.3) is 0 Å². The Morgan fingerprint density at radius 2 is 1.02 bits per heavy atom. The van der Waals surface area contributed by atoms with Crippen molar-refractivity contribution in [2.75, 3.05) is 0 Å². The number of hydrogen-bond donors (Lipinski definition) is 2. The van der Waals surface area contributed by atoms with Crippen molar-refractivity contribution in [1.29, 1.82) is 10.5 Å². The summed E-state index contributed by atoms with van der Waals surface area (Å²) in [6.45, 7) is 1.69. The largest absolute Gasteiger partial charge is 0.491 e. The highest BCUT2D eigenvalue weighted by Gasteiger charge is 2.28. The third-order valence-corrected chi connectivity index (χ3v) is 6.53. The summed E-state index contributed by atoms with van der Waals surface area (Å²) < 4.78 is 21.7. The first-order chi connectivity index (χ1) is 19.5. The fourth-order valence-electron chi connectivity index (χ4n) is 4.28. The van der Waals surface area contributed by atoms with Gasteiger partial charge in [0.15, 0.2) is 0 Å². The molecule has 0 aliphatic carbocycles. The maximum atomic E-state index is 9.54. The molecule has 6 rings (SSSR count). The molecule has 0 unspecified atom stereocenters. The van der Waals surface area contributed by atoms with Gasteiger partial charge in [-0.2, -0.15) is 10.5 Å². The van der Waals surface area contributed by atoms with Gasteiger partial charge >= 0.3 is 14.2 Å². The molecule has 196 valence electrons. The molecule has 4 aromatic rings. The van der Waals surface area contributed by atoms with Gasteiger partial charge in [-0.15, -0.1) is 0 Å². The first kappa shape index (κ1) is 27.0. The Bertz CT molecular complexity index is 1450. The fourth-order valence-corrected chi connectivity index (χ4v) is 4.28. The number of rotatable bonds is 6. The number of fused-ring (bicyclic) bond motifs is 2. The van der Waals surface area contributed by atoms with Crippen molar-refractivity contribution in [2.45, 2.75) is 26.4 Å². The van der Waals surface area contributed by atoms with Gasteiger partial charge in [-0.25, -0.2) is 0 Å². The highest BCUT2D eigenvalue weighted by Crippen LogP contribution is 2.20. The summed E-state index contributed by atoms with van der Waals surface area (Å²) in [6, 6.07) is 29.8. The van der Waals surface area contributed by atoms with E-state index in [1.54, 1.807) is 24.3 Å². The van der Waals surface area contributed by atoms with Crippen molar-refractivity contribution in [2.24, 2.45) is 0 Å². The molecule has 2 heterocycles. The summed E-state index contributed by atoms with van der Waals surface area (Å²) in [4.78, 5) is 0. The van der Waals surface area contributed by atoms with Gasteiger partial charge in [0.05, 0.1) is 36.5 Å². The van der Waals surface area contributed by atoms with Crippen LogP contribution < -0.4 is 20.4 Å². The molecule has 8 nitrogen and oxygen atoms in total. The van der Waals surface area contributed by atoms with E-state index in [0.29, 0.717) is 37.6 Å². The molecule has 4 aromatic carbocycles. The van der Waals surface area contributed by atoms with E-state index in [1.165, 1.54) is 0 Å². The molecule has 0 saturated carbocycles. The molecule has 10 heteroatoms. The first-order valence-corrected chi connectivity index (χ1v) is 12.6. The van der Waals surface area contributed by atoms with E-state index in [0.717, 1.165) is 44.7 Å². The number of nitriles is 2. The molecule has 0 bridgehead atoms. The molecule has 0 amide bonds. The summed E-state index contributed by atoms with van der Waals surface area (Å²) in [7, 11) is -1.64. The van der Waals surface area contributed by atoms with Gasteiger partial charge < -0.3 is 28.8 Å². The van der Waals surface area contributed by atoms with Gasteiger partial charge in [0.2, 0.25) is 0 Å². The third kappa shape index (κ3) is 6.52. The van der Waals surface area contributed by atoms with Crippen LogP contribution in [0.3, 0.4) is 0 Å². The second kappa shape index (κ2) is 12.5. The minimum absolute atomic E-state index is 0.407. The number of ether oxygens (including phenoxy) is 2. The van der Waals surface area contributed by atoms with Gasteiger partial charge in [-0.3, -0.25) is 0 Å². The Hall–Kier alpha value is -4.57. The van der Waals surface area contributed by atoms with Gasteiger partial charge in [-0.05, 0) is 81.7 Å². The predicted molar refractivity (Wildman–Crippen MR) is 149 cm³/mol. The average Bonchev–Trinajstić information content (AvgIpc) is 3.57. The monoisotopic (exact) mass is 530 g/mol. The van der Waals surface area contributed by atoms with E-state index in [-0.39, 0.29) is 0 Å². The Balaban J connectivity index is 0.000000161. The van der Waals surface area contributed by atoms with Crippen LogP contribution in [0, 0.1) is 22.7 Å². The van der Waals surface area contributed by atoms with Crippen LogP contribution in [0.5, 0.6) is 11.5 Å². The second-order valence-corrected chi connectivity index (χ2v) is 9.24. The molecule has 0 aromatic heterocycles. The van der Waals surface area contributed by atoms with E-state index >= 15 is 0 Å². The minimum Gasteiger partial charge on any atom is -0.489 e. The highest BCUT2D eigenvalue weighted by molar-refractivity contribution is 6.61. The van der Waals surface area contributed by atoms with Crippen molar-refractivity contribution >= 4 is 25.2 Å². The SMILES string of the molecule is N#Cc1ccc(COc2ccc3c(c2)COB3O)cc1.N#Cc1ccc(COc2ccc3c(c2)COB3O)cc1. The Morgan fingerprint density at radius 3 is 1.40 bits per heavy atom. The van der Waals surface area contributed by atoms with Crippen molar-refractivity contribution in [3.8, 4) is 23.6 Å². The molecule has 2 N–H and O–H groups in total. The standard InChI is InChI=1S/2C15H12BNO3/c2*17-8-11-1-3-12(4-2-11)9-19-14-5-6-15-13(7-14)10-20-16(15)18/h2*1-7,18H,9-10H2. The molecule has 0 atom stereocenters. The average molecular weight is 530 g/mol. The Morgan fingerprint density at radius 1 is 0.625 bits per heavy atom. The Labute approximate surface area is 232 Å². The normalized spacial score (nSPS) is 12.9. The lowest BCUT2D eigenvalue weighted by Gasteiger charge is -2.08. The Kier molecular flexibility index (Phi) is 8.46. The maximum absolute atomic E-state index is 9.54. The second-order valence-electron chi connectivity index (χ2n) is 9.24. The fraction of sp³-hybridized carbons (Fsp3) is 0.133. The lowest BCUT2D eigenvalue weighted by atomic mass is 9.80. The smallest absolute Gasteiger partial charge is 0.489 e. The molecular formula is C30H24B2N2O6. The zero-order valence-corrected chi connectivity index (χ0v) is 21.5. The van der Waals surface area contributed by atoms with E-state index < -0.39 is 14.2 Å².